The van der Waals surface area contributed by atoms with E-state index in [1.54, 1.807) is 6.92 Å². The van der Waals surface area contributed by atoms with E-state index in [-0.39, 0.29) is 12.1 Å². The fraction of sp³-hybridized carbons (Fsp3) is 0.143. The van der Waals surface area contributed by atoms with Crippen LogP contribution in [0.4, 0.5) is 8.78 Å². The lowest BCUT2D eigenvalue weighted by Crippen LogP contribution is -2.19. The van der Waals surface area contributed by atoms with Gasteiger partial charge in [0.05, 0.1) is 6.54 Å². The highest BCUT2D eigenvalue weighted by atomic mass is 19.1. The molecule has 0 bridgehead atoms. The van der Waals surface area contributed by atoms with Gasteiger partial charge in [-0.15, -0.1) is 0 Å². The van der Waals surface area contributed by atoms with Crippen molar-refractivity contribution in [2.45, 2.75) is 13.5 Å². The van der Waals surface area contributed by atoms with Gasteiger partial charge in [-0.25, -0.2) is 13.6 Å². The molecule has 0 aliphatic carbocycles. The molecule has 2 aromatic rings. The maximum atomic E-state index is 13.6. The third-order valence-corrected chi connectivity index (χ3v) is 2.96. The smallest absolute Gasteiger partial charge is 0.341 e. The number of aromatic nitrogens is 1. The average molecular weight is 279 g/mol. The van der Waals surface area contributed by atoms with Crippen molar-refractivity contribution in [3.63, 3.8) is 0 Å². The van der Waals surface area contributed by atoms with Gasteiger partial charge in [-0.2, -0.15) is 0 Å². The van der Waals surface area contributed by atoms with Crippen LogP contribution in [0.15, 0.2) is 35.3 Å². The van der Waals surface area contributed by atoms with Gasteiger partial charge in [0.1, 0.15) is 17.2 Å². The summed E-state index contributed by atoms with van der Waals surface area (Å²) in [6.07, 6.45) is 1.09. The van der Waals surface area contributed by atoms with Crippen LogP contribution in [0.5, 0.6) is 0 Å². The fourth-order valence-corrected chi connectivity index (χ4v) is 1.86. The molecule has 0 amide bonds. The van der Waals surface area contributed by atoms with Crippen molar-refractivity contribution in [2.24, 2.45) is 0 Å². The van der Waals surface area contributed by atoms with Crippen LogP contribution in [0.2, 0.25) is 0 Å². The molecule has 0 saturated heterocycles. The second-order valence-corrected chi connectivity index (χ2v) is 4.33. The van der Waals surface area contributed by atoms with Gasteiger partial charge in [0.15, 0.2) is 5.43 Å². The third kappa shape index (κ3) is 2.59. The van der Waals surface area contributed by atoms with Crippen LogP contribution >= 0.6 is 0 Å². The predicted molar refractivity (Wildman–Crippen MR) is 67.9 cm³/mol. The molecule has 1 N–H and O–H groups in total. The highest BCUT2D eigenvalue weighted by molar-refractivity contribution is 5.87. The Morgan fingerprint density at radius 2 is 1.90 bits per heavy atom. The van der Waals surface area contributed by atoms with E-state index in [0.29, 0.717) is 5.69 Å². The fourth-order valence-electron chi connectivity index (χ4n) is 1.86. The van der Waals surface area contributed by atoms with E-state index < -0.39 is 28.6 Å². The largest absolute Gasteiger partial charge is 0.477 e. The average Bonchev–Trinajstić information content (AvgIpc) is 2.35. The lowest BCUT2D eigenvalue weighted by Gasteiger charge is -2.12. The molecule has 0 aliphatic heterocycles. The summed E-state index contributed by atoms with van der Waals surface area (Å²) >= 11 is 0. The number of carboxylic acids is 1. The van der Waals surface area contributed by atoms with Crippen molar-refractivity contribution in [1.82, 2.24) is 4.57 Å². The van der Waals surface area contributed by atoms with Crippen LogP contribution in [-0.2, 0) is 6.54 Å². The SMILES string of the molecule is Cc1cc(=O)c(C(=O)O)cn1Cc1c(F)cccc1F. The van der Waals surface area contributed by atoms with Crippen LogP contribution in [-0.4, -0.2) is 15.6 Å². The lowest BCUT2D eigenvalue weighted by molar-refractivity contribution is 0.0694. The quantitative estimate of drug-likeness (QED) is 0.936. The number of hydrogen-bond acceptors (Lipinski definition) is 2. The van der Waals surface area contributed by atoms with Gasteiger partial charge in [-0.05, 0) is 19.1 Å². The molecule has 2 rings (SSSR count). The summed E-state index contributed by atoms with van der Waals surface area (Å²) < 4.78 is 28.5. The molecular weight excluding hydrogens is 268 g/mol. The highest BCUT2D eigenvalue weighted by Crippen LogP contribution is 2.14. The summed E-state index contributed by atoms with van der Waals surface area (Å²) in [5.74, 6) is -2.82. The third-order valence-electron chi connectivity index (χ3n) is 2.96. The van der Waals surface area contributed by atoms with Crippen LogP contribution in [0.25, 0.3) is 0 Å². The molecule has 0 spiro atoms. The number of rotatable bonds is 3. The molecule has 0 saturated carbocycles. The second kappa shape index (κ2) is 5.24. The molecule has 0 aliphatic rings. The normalized spacial score (nSPS) is 10.6. The van der Waals surface area contributed by atoms with Crippen molar-refractivity contribution in [3.8, 4) is 0 Å². The minimum absolute atomic E-state index is 0.185. The van der Waals surface area contributed by atoms with Crippen LogP contribution in [0.3, 0.4) is 0 Å². The highest BCUT2D eigenvalue weighted by Gasteiger charge is 2.14. The molecule has 0 atom stereocenters. The van der Waals surface area contributed by atoms with Gasteiger partial charge in [0.2, 0.25) is 0 Å². The van der Waals surface area contributed by atoms with E-state index in [9.17, 15) is 18.4 Å². The number of benzene rings is 1. The zero-order chi connectivity index (χ0) is 14.9. The van der Waals surface area contributed by atoms with Crippen molar-refractivity contribution >= 4 is 5.97 Å². The van der Waals surface area contributed by atoms with Crippen molar-refractivity contribution in [3.05, 3.63) is 69.1 Å². The standard InChI is InChI=1S/C14H11F2NO3/c1-8-5-13(18)10(14(19)20)7-17(8)6-9-11(15)3-2-4-12(9)16/h2-5,7H,6H2,1H3,(H,19,20). The number of aromatic carboxylic acids is 1. The number of carbonyl (C=O) groups is 1. The molecule has 104 valence electrons. The number of pyridine rings is 1. The first-order chi connectivity index (χ1) is 9.40. The number of hydrogen-bond donors (Lipinski definition) is 1. The molecule has 6 heteroatoms. The Morgan fingerprint density at radius 3 is 2.45 bits per heavy atom. The van der Waals surface area contributed by atoms with E-state index in [4.69, 9.17) is 5.11 Å². The van der Waals surface area contributed by atoms with Gasteiger partial charge in [-0.3, -0.25) is 4.79 Å². The minimum atomic E-state index is -1.38. The Hall–Kier alpha value is -2.50. The first-order valence-electron chi connectivity index (χ1n) is 5.77. The summed E-state index contributed by atoms with van der Waals surface area (Å²) in [6.45, 7) is 1.37. The molecule has 1 aromatic carbocycles. The zero-order valence-corrected chi connectivity index (χ0v) is 10.6. The molecular formula is C14H11F2NO3. The molecule has 1 heterocycles. The van der Waals surface area contributed by atoms with Gasteiger partial charge in [0.25, 0.3) is 0 Å². The zero-order valence-electron chi connectivity index (χ0n) is 10.6. The van der Waals surface area contributed by atoms with E-state index in [1.165, 1.54) is 10.6 Å². The monoisotopic (exact) mass is 279 g/mol. The van der Waals surface area contributed by atoms with Crippen molar-refractivity contribution in [1.29, 1.82) is 0 Å². The topological polar surface area (TPSA) is 59.3 Å². The Labute approximate surface area is 112 Å². The lowest BCUT2D eigenvalue weighted by atomic mass is 10.1. The summed E-state index contributed by atoms with van der Waals surface area (Å²) in [4.78, 5) is 22.4. The Bertz CT molecular complexity index is 717. The molecule has 1 aromatic heterocycles. The Morgan fingerprint density at radius 1 is 1.30 bits per heavy atom. The molecule has 0 fully saturated rings. The summed E-state index contributed by atoms with van der Waals surface area (Å²) in [6, 6.07) is 4.61. The number of nitrogens with zero attached hydrogens (tertiary/aromatic N) is 1. The summed E-state index contributed by atoms with van der Waals surface area (Å²) in [5.41, 5.74) is -0.842. The Balaban J connectivity index is 2.51. The maximum Gasteiger partial charge on any atom is 0.341 e. The van der Waals surface area contributed by atoms with Crippen LogP contribution < -0.4 is 5.43 Å². The molecule has 4 nitrogen and oxygen atoms in total. The number of halogens is 2. The van der Waals surface area contributed by atoms with E-state index in [1.807, 2.05) is 0 Å². The number of aryl methyl sites for hydroxylation is 1. The van der Waals surface area contributed by atoms with Gasteiger partial charge in [-0.1, -0.05) is 6.07 Å². The second-order valence-electron chi connectivity index (χ2n) is 4.33. The molecule has 0 radical (unpaired) electrons. The predicted octanol–water partition coefficient (Wildman–Crippen LogP) is 2.18. The van der Waals surface area contributed by atoms with Crippen molar-refractivity contribution in [2.75, 3.05) is 0 Å². The first-order valence-corrected chi connectivity index (χ1v) is 5.77. The van der Waals surface area contributed by atoms with Crippen LogP contribution in [0, 0.1) is 18.6 Å². The van der Waals surface area contributed by atoms with Gasteiger partial charge >= 0.3 is 5.97 Å². The van der Waals surface area contributed by atoms with E-state index in [2.05, 4.69) is 0 Å². The van der Waals surface area contributed by atoms with Gasteiger partial charge in [0, 0.05) is 23.5 Å². The summed E-state index contributed by atoms with van der Waals surface area (Å²) in [7, 11) is 0. The van der Waals surface area contributed by atoms with E-state index >= 15 is 0 Å². The van der Waals surface area contributed by atoms with Crippen molar-refractivity contribution < 1.29 is 18.7 Å². The number of carboxylic acid groups (broad SMARTS) is 1. The summed E-state index contributed by atoms with van der Waals surface area (Å²) in [5, 5.41) is 8.89. The maximum absolute atomic E-state index is 13.6. The first kappa shape index (κ1) is 13.9. The Kier molecular flexibility index (Phi) is 3.65. The molecule has 20 heavy (non-hydrogen) atoms. The minimum Gasteiger partial charge on any atom is -0.477 e. The van der Waals surface area contributed by atoms with E-state index in [0.717, 1.165) is 24.4 Å². The van der Waals surface area contributed by atoms with Gasteiger partial charge < -0.3 is 9.67 Å². The molecule has 0 unspecified atom stereocenters. The van der Waals surface area contributed by atoms with Crippen LogP contribution in [0.1, 0.15) is 21.6 Å².